The number of ketones is 1. The van der Waals surface area contributed by atoms with Gasteiger partial charge in [0.05, 0.1) is 19.4 Å². The number of nitrogens with one attached hydrogen (secondary N) is 1. The van der Waals surface area contributed by atoms with Gasteiger partial charge in [-0.1, -0.05) is 0 Å². The number of carbonyl (C=O) groups is 4. The Bertz CT molecular complexity index is 844. The van der Waals surface area contributed by atoms with Crippen LogP contribution in [0.4, 0.5) is 0 Å². The van der Waals surface area contributed by atoms with Crippen molar-refractivity contribution in [3.05, 3.63) is 54.0 Å². The summed E-state index contributed by atoms with van der Waals surface area (Å²) < 4.78 is 15.2. The first-order valence-electron chi connectivity index (χ1n) is 8.77. The zero-order valence-electron chi connectivity index (χ0n) is 16.2. The number of benzene rings is 1. The number of Topliss-reactive ketones (excluding diaryl/α,β-unsaturated/α-hetero) is 1. The summed E-state index contributed by atoms with van der Waals surface area (Å²) in [5.41, 5.74) is 0.529. The van der Waals surface area contributed by atoms with E-state index in [-0.39, 0.29) is 31.4 Å². The van der Waals surface area contributed by atoms with E-state index in [1.54, 1.807) is 36.4 Å². The minimum Gasteiger partial charge on any atom is -0.482 e. The predicted molar refractivity (Wildman–Crippen MR) is 101 cm³/mol. The Balaban J connectivity index is 1.65. The third-order valence-corrected chi connectivity index (χ3v) is 3.82. The minimum absolute atomic E-state index is 0.0757. The van der Waals surface area contributed by atoms with E-state index in [1.807, 2.05) is 0 Å². The molecule has 29 heavy (non-hydrogen) atoms. The van der Waals surface area contributed by atoms with E-state index >= 15 is 0 Å². The molecule has 1 heterocycles. The van der Waals surface area contributed by atoms with Crippen molar-refractivity contribution in [2.24, 2.45) is 0 Å². The summed E-state index contributed by atoms with van der Waals surface area (Å²) in [6, 6.07) is 9.70. The third-order valence-electron chi connectivity index (χ3n) is 3.82. The average molecular weight is 402 g/mol. The van der Waals surface area contributed by atoms with Crippen LogP contribution in [0.1, 0.15) is 23.0 Å². The second-order valence-electron chi connectivity index (χ2n) is 6.14. The van der Waals surface area contributed by atoms with Gasteiger partial charge in [-0.15, -0.1) is 0 Å². The Morgan fingerprint density at radius 3 is 2.41 bits per heavy atom. The molecule has 0 unspecified atom stereocenters. The lowest BCUT2D eigenvalue weighted by atomic mass is 10.1. The zero-order valence-corrected chi connectivity index (χ0v) is 16.2. The normalized spacial score (nSPS) is 10.1. The van der Waals surface area contributed by atoms with Crippen LogP contribution in [0.15, 0.2) is 47.1 Å². The van der Waals surface area contributed by atoms with Gasteiger partial charge in [0.25, 0.3) is 5.91 Å². The van der Waals surface area contributed by atoms with Crippen molar-refractivity contribution in [3.63, 3.8) is 0 Å². The number of ether oxygens (including phenoxy) is 2. The number of hydrogen-bond acceptors (Lipinski definition) is 7. The van der Waals surface area contributed by atoms with Gasteiger partial charge in [-0.3, -0.25) is 14.4 Å². The fraction of sp³-hybridized carbons (Fsp3) is 0.300. The molecule has 1 N–H and O–H groups in total. The van der Waals surface area contributed by atoms with Crippen molar-refractivity contribution in [1.82, 2.24) is 10.2 Å². The highest BCUT2D eigenvalue weighted by atomic mass is 16.6. The van der Waals surface area contributed by atoms with Crippen LogP contribution in [-0.4, -0.2) is 55.3 Å². The molecule has 0 bridgehead atoms. The molecule has 154 valence electrons. The first-order valence-corrected chi connectivity index (χ1v) is 8.77. The summed E-state index contributed by atoms with van der Waals surface area (Å²) in [5, 5.41) is 2.61. The standard InChI is InChI=1S/C20H22N2O7/c1-14(23)15-5-7-16(8-6-15)28-13-20(26)29-12-19(25)22(2)11-18(24)21-10-17-4-3-9-27-17/h3-9H,10-13H2,1-2H3,(H,21,24). The van der Waals surface area contributed by atoms with E-state index in [0.29, 0.717) is 17.1 Å². The Morgan fingerprint density at radius 1 is 1.07 bits per heavy atom. The van der Waals surface area contributed by atoms with Gasteiger partial charge in [-0.25, -0.2) is 4.79 Å². The molecule has 0 spiro atoms. The summed E-state index contributed by atoms with van der Waals surface area (Å²) in [4.78, 5) is 47.9. The lowest BCUT2D eigenvalue weighted by Crippen LogP contribution is -2.40. The monoisotopic (exact) mass is 402 g/mol. The maximum Gasteiger partial charge on any atom is 0.344 e. The van der Waals surface area contributed by atoms with Gasteiger partial charge >= 0.3 is 5.97 Å². The fourth-order valence-corrected chi connectivity index (χ4v) is 2.18. The number of furan rings is 1. The molecule has 0 saturated carbocycles. The molecule has 0 aliphatic carbocycles. The van der Waals surface area contributed by atoms with Gasteiger partial charge in [0.1, 0.15) is 11.5 Å². The Hall–Kier alpha value is -3.62. The maximum absolute atomic E-state index is 12.0. The topological polar surface area (TPSA) is 115 Å². The second-order valence-corrected chi connectivity index (χ2v) is 6.14. The van der Waals surface area contributed by atoms with Crippen LogP contribution < -0.4 is 10.1 Å². The van der Waals surface area contributed by atoms with Crippen LogP contribution in [0.5, 0.6) is 5.75 Å². The van der Waals surface area contributed by atoms with Gasteiger partial charge < -0.3 is 24.1 Å². The van der Waals surface area contributed by atoms with Crippen molar-refractivity contribution in [1.29, 1.82) is 0 Å². The lowest BCUT2D eigenvalue weighted by molar-refractivity contribution is -0.153. The van der Waals surface area contributed by atoms with Crippen LogP contribution in [0.25, 0.3) is 0 Å². The lowest BCUT2D eigenvalue weighted by Gasteiger charge is -2.16. The maximum atomic E-state index is 12.0. The van der Waals surface area contributed by atoms with Crippen LogP contribution in [-0.2, 0) is 25.7 Å². The van der Waals surface area contributed by atoms with E-state index in [4.69, 9.17) is 13.9 Å². The van der Waals surface area contributed by atoms with Gasteiger partial charge in [0.2, 0.25) is 5.91 Å². The molecule has 0 radical (unpaired) electrons. The number of likely N-dealkylation sites (N-methyl/N-ethyl adjacent to an activating group) is 1. The number of carbonyl (C=O) groups excluding carboxylic acids is 4. The largest absolute Gasteiger partial charge is 0.482 e. The van der Waals surface area contributed by atoms with Gasteiger partial charge in [0, 0.05) is 12.6 Å². The zero-order chi connectivity index (χ0) is 21.2. The van der Waals surface area contributed by atoms with E-state index in [2.05, 4.69) is 5.32 Å². The van der Waals surface area contributed by atoms with Gasteiger partial charge in [-0.05, 0) is 43.3 Å². The molecule has 9 nitrogen and oxygen atoms in total. The Kier molecular flexibility index (Phi) is 7.96. The fourth-order valence-electron chi connectivity index (χ4n) is 2.18. The summed E-state index contributed by atoms with van der Waals surface area (Å²) in [6.45, 7) is 0.584. The third kappa shape index (κ3) is 7.49. The number of rotatable bonds is 10. The molecular weight excluding hydrogens is 380 g/mol. The molecule has 0 fully saturated rings. The molecule has 2 aromatic rings. The average Bonchev–Trinajstić information content (AvgIpc) is 3.22. The molecule has 1 aromatic heterocycles. The van der Waals surface area contributed by atoms with Gasteiger partial charge in [0.15, 0.2) is 19.0 Å². The minimum atomic E-state index is -0.732. The van der Waals surface area contributed by atoms with Crippen molar-refractivity contribution >= 4 is 23.6 Å². The first kappa shape index (κ1) is 21.7. The molecule has 0 atom stereocenters. The predicted octanol–water partition coefficient (Wildman–Crippen LogP) is 1.18. The molecule has 9 heteroatoms. The molecule has 0 aliphatic heterocycles. The Morgan fingerprint density at radius 2 is 1.79 bits per heavy atom. The molecule has 2 amide bonds. The highest BCUT2D eigenvalue weighted by Gasteiger charge is 2.15. The van der Waals surface area contributed by atoms with Crippen molar-refractivity contribution in [2.75, 3.05) is 26.8 Å². The second kappa shape index (κ2) is 10.6. The smallest absolute Gasteiger partial charge is 0.344 e. The van der Waals surface area contributed by atoms with Crippen LogP contribution >= 0.6 is 0 Å². The van der Waals surface area contributed by atoms with E-state index < -0.39 is 18.5 Å². The first-order chi connectivity index (χ1) is 13.8. The van der Waals surface area contributed by atoms with E-state index in [9.17, 15) is 19.2 Å². The highest BCUT2D eigenvalue weighted by molar-refractivity contribution is 5.94. The van der Waals surface area contributed by atoms with E-state index in [1.165, 1.54) is 20.2 Å². The number of hydrogen-bond donors (Lipinski definition) is 1. The Labute approximate surface area is 167 Å². The molecular formula is C20H22N2O7. The van der Waals surface area contributed by atoms with E-state index in [0.717, 1.165) is 4.90 Å². The van der Waals surface area contributed by atoms with Crippen molar-refractivity contribution in [3.8, 4) is 5.75 Å². The molecule has 1 aromatic carbocycles. The molecule has 0 aliphatic rings. The summed E-state index contributed by atoms with van der Waals surface area (Å²) >= 11 is 0. The molecule has 0 saturated heterocycles. The van der Waals surface area contributed by atoms with Gasteiger partial charge in [-0.2, -0.15) is 0 Å². The van der Waals surface area contributed by atoms with Crippen LogP contribution in [0.2, 0.25) is 0 Å². The number of nitrogens with zero attached hydrogens (tertiary/aromatic N) is 1. The number of esters is 1. The quantitative estimate of drug-likeness (QED) is 0.469. The van der Waals surface area contributed by atoms with Crippen LogP contribution in [0.3, 0.4) is 0 Å². The van der Waals surface area contributed by atoms with Crippen LogP contribution in [0, 0.1) is 0 Å². The summed E-state index contributed by atoms with van der Waals surface area (Å²) in [6.07, 6.45) is 1.50. The highest BCUT2D eigenvalue weighted by Crippen LogP contribution is 2.12. The molecule has 2 rings (SSSR count). The van der Waals surface area contributed by atoms with Crippen molar-refractivity contribution < 1.29 is 33.1 Å². The summed E-state index contributed by atoms with van der Waals surface area (Å²) in [5.74, 6) is -0.725. The number of amides is 2. The summed E-state index contributed by atoms with van der Waals surface area (Å²) in [7, 11) is 1.43. The van der Waals surface area contributed by atoms with Crippen molar-refractivity contribution in [2.45, 2.75) is 13.5 Å². The SMILES string of the molecule is CC(=O)c1ccc(OCC(=O)OCC(=O)N(C)CC(=O)NCc2ccco2)cc1.